The first-order valence-corrected chi connectivity index (χ1v) is 15.4. The Bertz CT molecular complexity index is 642. The van der Waals surface area contributed by atoms with E-state index in [0.717, 1.165) is 25.7 Å². The van der Waals surface area contributed by atoms with Gasteiger partial charge in [0.1, 0.15) is 13.2 Å². The van der Waals surface area contributed by atoms with E-state index in [0.29, 0.717) is 38.9 Å². The molecule has 0 fully saturated rings. The lowest BCUT2D eigenvalue weighted by Crippen LogP contribution is -2.29. The SMILES string of the molecule is CC(=O)OCC(COC(C)=O)OC(C)=O.CCCCCCCCOC(=O)CCCCC(=O)OCCCCCCCC. The molecule has 0 heterocycles. The first kappa shape index (κ1) is 40.5. The van der Waals surface area contributed by atoms with Crippen LogP contribution in [0.2, 0.25) is 0 Å². The van der Waals surface area contributed by atoms with Gasteiger partial charge in [-0.1, -0.05) is 78.1 Å². The lowest BCUT2D eigenvalue weighted by atomic mass is 10.1. The number of unbranched alkanes of at least 4 members (excludes halogenated alkanes) is 11. The fourth-order valence-electron chi connectivity index (χ4n) is 3.59. The highest BCUT2D eigenvalue weighted by Crippen LogP contribution is 2.08. The zero-order valence-corrected chi connectivity index (χ0v) is 26.3. The molecule has 0 aromatic rings. The van der Waals surface area contributed by atoms with E-state index in [2.05, 4.69) is 23.3 Å². The lowest BCUT2D eigenvalue weighted by molar-refractivity contribution is -0.163. The normalized spacial score (nSPS) is 10.3. The molecule has 240 valence electrons. The minimum Gasteiger partial charge on any atom is -0.466 e. The van der Waals surface area contributed by atoms with Crippen molar-refractivity contribution in [2.24, 2.45) is 0 Å². The number of carbonyl (C=O) groups is 5. The molecule has 0 unspecified atom stereocenters. The Labute approximate surface area is 247 Å². The molecule has 0 aromatic carbocycles. The Hall–Kier alpha value is -2.65. The van der Waals surface area contributed by atoms with Crippen LogP contribution < -0.4 is 0 Å². The molecule has 10 heteroatoms. The van der Waals surface area contributed by atoms with Crippen LogP contribution >= 0.6 is 0 Å². The Morgan fingerprint density at radius 2 is 0.829 bits per heavy atom. The summed E-state index contributed by atoms with van der Waals surface area (Å²) in [7, 11) is 0. The highest BCUT2D eigenvalue weighted by atomic mass is 16.6. The van der Waals surface area contributed by atoms with Crippen molar-refractivity contribution in [3.63, 3.8) is 0 Å². The maximum atomic E-state index is 11.6. The van der Waals surface area contributed by atoms with Crippen molar-refractivity contribution in [1.29, 1.82) is 0 Å². The molecule has 0 spiro atoms. The van der Waals surface area contributed by atoms with Crippen molar-refractivity contribution in [3.8, 4) is 0 Å². The minimum atomic E-state index is -0.754. The number of hydrogen-bond acceptors (Lipinski definition) is 10. The van der Waals surface area contributed by atoms with Crippen molar-refractivity contribution in [2.45, 2.75) is 143 Å². The predicted molar refractivity (Wildman–Crippen MR) is 156 cm³/mol. The number of ether oxygens (including phenoxy) is 5. The van der Waals surface area contributed by atoms with Gasteiger partial charge in [-0.3, -0.25) is 24.0 Å². The van der Waals surface area contributed by atoms with Crippen LogP contribution in [-0.2, 0) is 47.7 Å². The first-order valence-electron chi connectivity index (χ1n) is 15.4. The van der Waals surface area contributed by atoms with E-state index in [-0.39, 0.29) is 25.2 Å². The molecule has 0 N–H and O–H groups in total. The van der Waals surface area contributed by atoms with Gasteiger partial charge in [0.25, 0.3) is 0 Å². The molecule has 0 aliphatic rings. The second-order valence-corrected chi connectivity index (χ2v) is 10.0. The van der Waals surface area contributed by atoms with E-state index in [1.165, 1.54) is 72.1 Å². The molecule has 0 bridgehead atoms. The molecular weight excluding hydrogens is 532 g/mol. The molecule has 0 aliphatic carbocycles. The van der Waals surface area contributed by atoms with E-state index in [1.54, 1.807) is 0 Å². The molecule has 0 aromatic heterocycles. The monoisotopic (exact) mass is 588 g/mol. The highest BCUT2D eigenvalue weighted by Gasteiger charge is 2.15. The van der Waals surface area contributed by atoms with Crippen LogP contribution in [0.4, 0.5) is 0 Å². The fraction of sp³-hybridized carbons (Fsp3) is 0.839. The minimum absolute atomic E-state index is 0.123. The van der Waals surface area contributed by atoms with E-state index >= 15 is 0 Å². The van der Waals surface area contributed by atoms with E-state index < -0.39 is 24.0 Å². The average molecular weight is 589 g/mol. The van der Waals surface area contributed by atoms with Gasteiger partial charge in [0.15, 0.2) is 6.10 Å². The standard InChI is InChI=1S/C22H42O4.C9H14O6/c1-3-5-7-9-11-15-19-25-21(23)17-13-14-18-22(24)26-20-16-12-10-8-6-4-2;1-6(10)13-4-9(15-8(3)12)5-14-7(2)11/h3-20H2,1-2H3;9H,4-5H2,1-3H3. The number of rotatable bonds is 24. The van der Waals surface area contributed by atoms with Crippen LogP contribution in [0.15, 0.2) is 0 Å². The summed E-state index contributed by atoms with van der Waals surface area (Å²) in [4.78, 5) is 54.9. The molecular formula is C31H56O10. The van der Waals surface area contributed by atoms with Crippen molar-refractivity contribution >= 4 is 29.8 Å². The second kappa shape index (κ2) is 30.3. The molecule has 0 saturated heterocycles. The molecule has 0 radical (unpaired) electrons. The van der Waals surface area contributed by atoms with Gasteiger partial charge in [0.05, 0.1) is 13.2 Å². The summed E-state index contributed by atoms with van der Waals surface area (Å²) in [5.74, 6) is -1.79. The van der Waals surface area contributed by atoms with Gasteiger partial charge in [-0.15, -0.1) is 0 Å². The summed E-state index contributed by atoms with van der Waals surface area (Å²) in [6.07, 6.45) is 15.7. The van der Waals surface area contributed by atoms with Crippen LogP contribution in [0.3, 0.4) is 0 Å². The van der Waals surface area contributed by atoms with Crippen LogP contribution in [0.25, 0.3) is 0 Å². The summed E-state index contributed by atoms with van der Waals surface area (Å²) in [6, 6.07) is 0. The van der Waals surface area contributed by atoms with Crippen molar-refractivity contribution in [2.75, 3.05) is 26.4 Å². The van der Waals surface area contributed by atoms with Gasteiger partial charge in [0, 0.05) is 33.6 Å². The number of hydrogen-bond donors (Lipinski definition) is 0. The molecule has 0 rings (SSSR count). The largest absolute Gasteiger partial charge is 0.466 e. The summed E-state index contributed by atoms with van der Waals surface area (Å²) < 4.78 is 24.5. The average Bonchev–Trinajstić information content (AvgIpc) is 2.91. The number of esters is 5. The first-order chi connectivity index (χ1) is 19.6. The third-order valence-corrected chi connectivity index (χ3v) is 5.81. The van der Waals surface area contributed by atoms with Crippen LogP contribution in [0.1, 0.15) is 137 Å². The molecule has 0 aliphatic heterocycles. The fourth-order valence-corrected chi connectivity index (χ4v) is 3.59. The molecule has 41 heavy (non-hydrogen) atoms. The zero-order chi connectivity index (χ0) is 31.1. The van der Waals surface area contributed by atoms with Crippen LogP contribution in [0, 0.1) is 0 Å². The lowest BCUT2D eigenvalue weighted by Gasteiger charge is -2.15. The maximum Gasteiger partial charge on any atom is 0.305 e. The van der Waals surface area contributed by atoms with Crippen molar-refractivity contribution in [1.82, 2.24) is 0 Å². The molecule has 0 amide bonds. The Kier molecular flexibility index (Phi) is 29.9. The van der Waals surface area contributed by atoms with Gasteiger partial charge in [-0.2, -0.15) is 0 Å². The summed E-state index contributed by atoms with van der Waals surface area (Å²) in [5, 5.41) is 0. The van der Waals surface area contributed by atoms with Gasteiger partial charge >= 0.3 is 29.8 Å². The second-order valence-electron chi connectivity index (χ2n) is 10.0. The molecule has 0 atom stereocenters. The summed E-state index contributed by atoms with van der Waals surface area (Å²) in [6.45, 7) is 8.91. The third kappa shape index (κ3) is 35.3. The predicted octanol–water partition coefficient (Wildman–Crippen LogP) is 6.40. The van der Waals surface area contributed by atoms with E-state index in [1.807, 2.05) is 0 Å². The van der Waals surface area contributed by atoms with Gasteiger partial charge in [-0.05, 0) is 25.7 Å². The Morgan fingerprint density at radius 3 is 1.17 bits per heavy atom. The summed E-state index contributed by atoms with van der Waals surface area (Å²) in [5.41, 5.74) is 0. The van der Waals surface area contributed by atoms with Crippen LogP contribution in [0.5, 0.6) is 0 Å². The van der Waals surface area contributed by atoms with E-state index in [9.17, 15) is 24.0 Å². The van der Waals surface area contributed by atoms with Crippen molar-refractivity contribution < 1.29 is 47.7 Å². The van der Waals surface area contributed by atoms with E-state index in [4.69, 9.17) is 14.2 Å². The van der Waals surface area contributed by atoms with Gasteiger partial charge in [-0.25, -0.2) is 0 Å². The third-order valence-electron chi connectivity index (χ3n) is 5.81. The molecule has 10 nitrogen and oxygen atoms in total. The van der Waals surface area contributed by atoms with Crippen LogP contribution in [-0.4, -0.2) is 62.4 Å². The molecule has 0 saturated carbocycles. The summed E-state index contributed by atoms with van der Waals surface area (Å²) >= 11 is 0. The van der Waals surface area contributed by atoms with Gasteiger partial charge < -0.3 is 23.7 Å². The Morgan fingerprint density at radius 1 is 0.463 bits per heavy atom. The maximum absolute atomic E-state index is 11.6. The smallest absolute Gasteiger partial charge is 0.305 e. The quantitative estimate of drug-likeness (QED) is 0.0709. The topological polar surface area (TPSA) is 132 Å². The highest BCUT2D eigenvalue weighted by molar-refractivity contribution is 5.70. The zero-order valence-electron chi connectivity index (χ0n) is 26.3. The van der Waals surface area contributed by atoms with Gasteiger partial charge in [0.2, 0.25) is 0 Å². The number of carbonyl (C=O) groups excluding carboxylic acids is 5. The Balaban J connectivity index is 0. The van der Waals surface area contributed by atoms with Crippen molar-refractivity contribution in [3.05, 3.63) is 0 Å².